The highest BCUT2D eigenvalue weighted by Crippen LogP contribution is 2.25. The van der Waals surface area contributed by atoms with Crippen LogP contribution in [0.1, 0.15) is 5.56 Å². The summed E-state index contributed by atoms with van der Waals surface area (Å²) in [7, 11) is 0. The molecule has 0 spiro atoms. The van der Waals surface area contributed by atoms with Crippen molar-refractivity contribution in [2.24, 2.45) is 0 Å². The molecule has 6 heteroatoms. The predicted octanol–water partition coefficient (Wildman–Crippen LogP) is 3.87. The first kappa shape index (κ1) is 12.3. The Bertz CT molecular complexity index is 362. The molecule has 1 aromatic carbocycles. The van der Waals surface area contributed by atoms with Gasteiger partial charge in [0.2, 0.25) is 0 Å². The molecule has 0 unspecified atom stereocenters. The number of anilines is 1. The molecule has 0 atom stereocenters. The average Bonchev–Trinajstić information content (AvgIpc) is 2.07. The van der Waals surface area contributed by atoms with E-state index in [1.165, 1.54) is 6.07 Å². The molecule has 0 amide bonds. The second-order valence-corrected chi connectivity index (χ2v) is 3.90. The zero-order valence-electron chi connectivity index (χ0n) is 7.75. The van der Waals surface area contributed by atoms with Gasteiger partial charge in [-0.15, -0.1) is 0 Å². The largest absolute Gasteiger partial charge is 0.405 e. The molecule has 0 saturated heterocycles. The van der Waals surface area contributed by atoms with Crippen molar-refractivity contribution in [1.82, 2.24) is 0 Å². The summed E-state index contributed by atoms with van der Waals surface area (Å²) < 4.78 is 48.9. The number of aryl methyl sites for hydroxylation is 1. The van der Waals surface area contributed by atoms with Crippen LogP contribution in [0, 0.1) is 12.7 Å². The van der Waals surface area contributed by atoms with Crippen molar-refractivity contribution in [3.8, 4) is 0 Å². The highest BCUT2D eigenvalue weighted by molar-refractivity contribution is 9.10. The second-order valence-electron chi connectivity index (χ2n) is 3.05. The summed E-state index contributed by atoms with van der Waals surface area (Å²) in [6.45, 7) is 0.428. The molecule has 84 valence electrons. The first-order valence-corrected chi connectivity index (χ1v) is 4.85. The van der Waals surface area contributed by atoms with Crippen molar-refractivity contribution >= 4 is 21.6 Å². The second kappa shape index (κ2) is 4.38. The molecule has 0 bridgehead atoms. The molecule has 0 saturated carbocycles. The van der Waals surface area contributed by atoms with Gasteiger partial charge in [-0.3, -0.25) is 0 Å². The first-order chi connectivity index (χ1) is 6.79. The molecule has 0 fully saturated rings. The van der Waals surface area contributed by atoms with E-state index in [1.54, 1.807) is 6.92 Å². The number of rotatable bonds is 2. The molecule has 0 aliphatic carbocycles. The van der Waals surface area contributed by atoms with Crippen LogP contribution in [0.5, 0.6) is 0 Å². The Hall–Kier alpha value is -0.780. The molecule has 1 nitrogen and oxygen atoms in total. The molecule has 0 radical (unpaired) electrons. The Labute approximate surface area is 92.6 Å². The first-order valence-electron chi connectivity index (χ1n) is 4.06. The lowest BCUT2D eigenvalue weighted by atomic mass is 10.2. The van der Waals surface area contributed by atoms with E-state index in [0.29, 0.717) is 5.56 Å². The molecule has 0 aromatic heterocycles. The van der Waals surface area contributed by atoms with Crippen LogP contribution in [0.15, 0.2) is 16.6 Å². The third-order valence-electron chi connectivity index (χ3n) is 1.75. The van der Waals surface area contributed by atoms with E-state index in [1.807, 2.05) is 0 Å². The summed E-state index contributed by atoms with van der Waals surface area (Å²) >= 11 is 2.95. The maximum absolute atomic E-state index is 13.0. The van der Waals surface area contributed by atoms with Gasteiger partial charge in [-0.1, -0.05) is 0 Å². The number of benzene rings is 1. The van der Waals surface area contributed by atoms with Crippen molar-refractivity contribution in [3.05, 3.63) is 28.0 Å². The van der Waals surface area contributed by atoms with Crippen molar-refractivity contribution in [2.75, 3.05) is 11.9 Å². The van der Waals surface area contributed by atoms with Crippen LogP contribution in [0.4, 0.5) is 23.2 Å². The number of halogens is 5. The van der Waals surface area contributed by atoms with Gasteiger partial charge in [0.1, 0.15) is 12.4 Å². The quantitative estimate of drug-likeness (QED) is 0.814. The lowest BCUT2D eigenvalue weighted by Crippen LogP contribution is -2.21. The molecule has 0 aliphatic rings. The van der Waals surface area contributed by atoms with E-state index >= 15 is 0 Å². The molecular formula is C9H8BrF4N. The summed E-state index contributed by atoms with van der Waals surface area (Å²) in [5, 5.41) is 2.14. The molecule has 0 heterocycles. The van der Waals surface area contributed by atoms with Crippen LogP contribution in [0.25, 0.3) is 0 Å². The normalized spacial score (nSPS) is 11.6. The summed E-state index contributed by atoms with van der Waals surface area (Å²) in [5.41, 5.74) is 0.695. The topological polar surface area (TPSA) is 12.0 Å². The number of nitrogens with one attached hydrogen (secondary N) is 1. The zero-order chi connectivity index (χ0) is 11.6. The number of alkyl halides is 3. The molecule has 0 aliphatic heterocycles. The Balaban J connectivity index is 2.82. The Morgan fingerprint density at radius 1 is 1.33 bits per heavy atom. The SMILES string of the molecule is Cc1cc(Br)c(F)cc1NCC(F)(F)F. The van der Waals surface area contributed by atoms with Crippen molar-refractivity contribution < 1.29 is 17.6 Å². The fourth-order valence-electron chi connectivity index (χ4n) is 1.03. The summed E-state index contributed by atoms with van der Waals surface area (Å²) in [6, 6.07) is 2.46. The maximum Gasteiger partial charge on any atom is 0.405 e. The third-order valence-corrected chi connectivity index (χ3v) is 2.35. The minimum absolute atomic E-state index is 0.146. The van der Waals surface area contributed by atoms with Gasteiger partial charge < -0.3 is 5.32 Å². The fraction of sp³-hybridized carbons (Fsp3) is 0.333. The zero-order valence-corrected chi connectivity index (χ0v) is 9.34. The molecule has 1 aromatic rings. The van der Waals surface area contributed by atoms with E-state index < -0.39 is 18.5 Å². The smallest absolute Gasteiger partial charge is 0.376 e. The maximum atomic E-state index is 13.0. The lowest BCUT2D eigenvalue weighted by molar-refractivity contribution is -0.115. The van der Waals surface area contributed by atoms with Crippen LogP contribution in [0.3, 0.4) is 0 Å². The molecule has 1 N–H and O–H groups in total. The predicted molar refractivity (Wildman–Crippen MR) is 53.4 cm³/mol. The molecule has 1 rings (SSSR count). The lowest BCUT2D eigenvalue weighted by Gasteiger charge is -2.12. The van der Waals surface area contributed by atoms with E-state index in [2.05, 4.69) is 21.2 Å². The van der Waals surface area contributed by atoms with Gasteiger partial charge in [-0.25, -0.2) is 4.39 Å². The van der Waals surface area contributed by atoms with Gasteiger partial charge in [-0.05, 0) is 40.5 Å². The van der Waals surface area contributed by atoms with Crippen molar-refractivity contribution in [1.29, 1.82) is 0 Å². The number of hydrogen-bond acceptors (Lipinski definition) is 1. The standard InChI is InChI=1S/C9H8BrF4N/c1-5-2-6(10)7(11)3-8(5)15-4-9(12,13)14/h2-3,15H,4H2,1H3. The fourth-order valence-corrected chi connectivity index (χ4v) is 1.49. The minimum Gasteiger partial charge on any atom is -0.376 e. The number of hydrogen-bond donors (Lipinski definition) is 1. The van der Waals surface area contributed by atoms with E-state index in [0.717, 1.165) is 6.07 Å². The third kappa shape index (κ3) is 3.70. The molecular weight excluding hydrogens is 278 g/mol. The Kier molecular flexibility index (Phi) is 3.59. The highest BCUT2D eigenvalue weighted by atomic mass is 79.9. The van der Waals surface area contributed by atoms with E-state index in [-0.39, 0.29) is 10.2 Å². The Morgan fingerprint density at radius 3 is 2.47 bits per heavy atom. The van der Waals surface area contributed by atoms with Gasteiger partial charge >= 0.3 is 6.18 Å². The van der Waals surface area contributed by atoms with E-state index in [9.17, 15) is 17.6 Å². The van der Waals surface area contributed by atoms with Gasteiger partial charge in [-0.2, -0.15) is 13.2 Å². The van der Waals surface area contributed by atoms with Gasteiger partial charge in [0.25, 0.3) is 0 Å². The van der Waals surface area contributed by atoms with E-state index in [4.69, 9.17) is 0 Å². The van der Waals surface area contributed by atoms with Gasteiger partial charge in [0.05, 0.1) is 4.47 Å². The summed E-state index contributed by atoms with van der Waals surface area (Å²) in [4.78, 5) is 0. The van der Waals surface area contributed by atoms with Gasteiger partial charge in [0, 0.05) is 5.69 Å². The summed E-state index contributed by atoms with van der Waals surface area (Å²) in [6.07, 6.45) is -4.31. The van der Waals surface area contributed by atoms with Crippen molar-refractivity contribution in [3.63, 3.8) is 0 Å². The van der Waals surface area contributed by atoms with Crippen LogP contribution in [0.2, 0.25) is 0 Å². The van der Waals surface area contributed by atoms with Crippen LogP contribution < -0.4 is 5.32 Å². The minimum atomic E-state index is -4.31. The van der Waals surface area contributed by atoms with Crippen LogP contribution in [-0.4, -0.2) is 12.7 Å². The Morgan fingerprint density at radius 2 is 1.93 bits per heavy atom. The van der Waals surface area contributed by atoms with Crippen LogP contribution >= 0.6 is 15.9 Å². The van der Waals surface area contributed by atoms with Gasteiger partial charge in [0.15, 0.2) is 0 Å². The van der Waals surface area contributed by atoms with Crippen molar-refractivity contribution in [2.45, 2.75) is 13.1 Å². The van der Waals surface area contributed by atoms with Crippen LogP contribution in [-0.2, 0) is 0 Å². The molecule has 15 heavy (non-hydrogen) atoms. The monoisotopic (exact) mass is 285 g/mol. The average molecular weight is 286 g/mol. The summed E-state index contributed by atoms with van der Waals surface area (Å²) in [5.74, 6) is -0.592. The highest BCUT2D eigenvalue weighted by Gasteiger charge is 2.26.